The van der Waals surface area contributed by atoms with E-state index in [0.29, 0.717) is 18.0 Å². The minimum Gasteiger partial charge on any atom is -0.618 e. The summed E-state index contributed by atoms with van der Waals surface area (Å²) in [4.78, 5) is 11.7. The van der Waals surface area contributed by atoms with Crippen molar-refractivity contribution in [2.45, 2.75) is 6.73 Å². The number of benzene rings is 1. The number of fused-ring (bicyclic) bond motifs is 1. The number of methoxy groups -OCH3 is 2. The summed E-state index contributed by atoms with van der Waals surface area (Å²) in [6.45, 7) is 0.312. The maximum Gasteiger partial charge on any atom is 0.337 e. The summed E-state index contributed by atoms with van der Waals surface area (Å²) in [6.07, 6.45) is 3.30. The molecule has 1 aromatic carbocycles. The van der Waals surface area contributed by atoms with Gasteiger partial charge in [-0.15, -0.1) is 0 Å². The molecule has 0 aliphatic heterocycles. The molecule has 0 aliphatic rings. The van der Waals surface area contributed by atoms with E-state index in [1.807, 2.05) is 22.9 Å². The van der Waals surface area contributed by atoms with Gasteiger partial charge in [0.05, 0.1) is 23.8 Å². The van der Waals surface area contributed by atoms with Crippen LogP contribution in [-0.4, -0.2) is 24.8 Å². The third kappa shape index (κ3) is 2.64. The second-order valence-electron chi connectivity index (χ2n) is 5.07. The Hall–Kier alpha value is -2.86. The number of rotatable bonds is 4. The maximum atomic E-state index is 12.1. The van der Waals surface area contributed by atoms with E-state index in [2.05, 4.69) is 0 Å². The second-order valence-corrected chi connectivity index (χ2v) is 5.07. The molecule has 0 bridgehead atoms. The summed E-state index contributed by atoms with van der Waals surface area (Å²) < 4.78 is 12.6. The quantitative estimate of drug-likeness (QED) is 0.421. The van der Waals surface area contributed by atoms with Crippen molar-refractivity contribution >= 4 is 16.9 Å². The van der Waals surface area contributed by atoms with E-state index in [-0.39, 0.29) is 0 Å². The predicted molar refractivity (Wildman–Crippen MR) is 84.7 cm³/mol. The Morgan fingerprint density at radius 1 is 1.26 bits per heavy atom. The molecule has 23 heavy (non-hydrogen) atoms. The van der Waals surface area contributed by atoms with Crippen LogP contribution >= 0.6 is 0 Å². The van der Waals surface area contributed by atoms with Crippen LogP contribution in [0.15, 0.2) is 48.8 Å². The third-order valence-corrected chi connectivity index (χ3v) is 3.67. The number of ether oxygens (including phenoxy) is 2. The molecule has 6 nitrogen and oxygen atoms in total. The Bertz CT molecular complexity index is 870. The Labute approximate surface area is 133 Å². The van der Waals surface area contributed by atoms with Crippen molar-refractivity contribution in [2.24, 2.45) is 0 Å². The molecule has 0 atom stereocenters. The van der Waals surface area contributed by atoms with Gasteiger partial charge in [0.1, 0.15) is 6.73 Å². The standard InChI is InChI=1S/C17H16N2O4/c1-22-11-18-10-14(15-5-3-4-8-19(15)21)13-7-6-12(9-16(13)18)17(20)23-2/h3-10H,11H2,1-2H3. The summed E-state index contributed by atoms with van der Waals surface area (Å²) >= 11 is 0. The van der Waals surface area contributed by atoms with Crippen LogP contribution < -0.4 is 4.73 Å². The molecule has 0 radical (unpaired) electrons. The third-order valence-electron chi connectivity index (χ3n) is 3.67. The fourth-order valence-corrected chi connectivity index (χ4v) is 2.62. The van der Waals surface area contributed by atoms with Gasteiger partial charge in [0.15, 0.2) is 6.20 Å². The summed E-state index contributed by atoms with van der Waals surface area (Å²) in [5, 5.41) is 12.9. The van der Waals surface area contributed by atoms with Crippen molar-refractivity contribution in [1.82, 2.24) is 4.57 Å². The zero-order chi connectivity index (χ0) is 16.4. The smallest absolute Gasteiger partial charge is 0.337 e. The monoisotopic (exact) mass is 312 g/mol. The molecule has 0 unspecified atom stereocenters. The van der Waals surface area contributed by atoms with Crippen LogP contribution in [0, 0.1) is 5.21 Å². The van der Waals surface area contributed by atoms with E-state index in [1.165, 1.54) is 13.3 Å². The molecule has 3 rings (SSSR count). The summed E-state index contributed by atoms with van der Waals surface area (Å²) in [7, 11) is 2.93. The normalized spacial score (nSPS) is 10.9. The van der Waals surface area contributed by atoms with Crippen molar-refractivity contribution in [1.29, 1.82) is 0 Å². The Morgan fingerprint density at radius 3 is 2.78 bits per heavy atom. The van der Waals surface area contributed by atoms with Crippen molar-refractivity contribution in [3.8, 4) is 11.3 Å². The molecule has 2 aromatic heterocycles. The first-order valence-electron chi connectivity index (χ1n) is 7.04. The van der Waals surface area contributed by atoms with Gasteiger partial charge in [0, 0.05) is 30.8 Å². The van der Waals surface area contributed by atoms with Gasteiger partial charge in [-0.05, 0) is 18.2 Å². The van der Waals surface area contributed by atoms with Gasteiger partial charge in [-0.3, -0.25) is 0 Å². The van der Waals surface area contributed by atoms with E-state index in [1.54, 1.807) is 31.4 Å². The molecule has 3 aromatic rings. The largest absolute Gasteiger partial charge is 0.618 e. The van der Waals surface area contributed by atoms with Gasteiger partial charge in [-0.25, -0.2) is 4.79 Å². The first-order chi connectivity index (χ1) is 11.2. The highest BCUT2D eigenvalue weighted by molar-refractivity contribution is 5.99. The van der Waals surface area contributed by atoms with Crippen LogP contribution in [0.25, 0.3) is 22.2 Å². The summed E-state index contributed by atoms with van der Waals surface area (Å²) in [5.74, 6) is -0.405. The topological polar surface area (TPSA) is 67.4 Å². The molecular formula is C17H16N2O4. The molecule has 2 heterocycles. The van der Waals surface area contributed by atoms with E-state index in [0.717, 1.165) is 21.2 Å². The number of nitrogens with zero attached hydrogens (tertiary/aromatic N) is 2. The first-order valence-corrected chi connectivity index (χ1v) is 7.04. The molecular weight excluding hydrogens is 296 g/mol. The number of carbonyl (C=O) groups excluding carboxylic acids is 1. The molecule has 0 aliphatic carbocycles. The van der Waals surface area contributed by atoms with E-state index < -0.39 is 5.97 Å². The highest BCUT2D eigenvalue weighted by Crippen LogP contribution is 2.29. The number of esters is 1. The highest BCUT2D eigenvalue weighted by Gasteiger charge is 2.18. The Kier molecular flexibility index (Phi) is 3.99. The average Bonchev–Trinajstić information content (AvgIpc) is 2.93. The lowest BCUT2D eigenvalue weighted by Gasteiger charge is -2.04. The van der Waals surface area contributed by atoms with Gasteiger partial charge in [-0.2, -0.15) is 4.73 Å². The molecule has 0 fully saturated rings. The zero-order valence-electron chi connectivity index (χ0n) is 12.9. The van der Waals surface area contributed by atoms with Crippen LogP contribution in [0.2, 0.25) is 0 Å². The Morgan fingerprint density at radius 2 is 2.09 bits per heavy atom. The average molecular weight is 312 g/mol. The molecule has 6 heteroatoms. The SMILES string of the molecule is COCn1cc(-c2cccc[n+]2[O-])c2ccc(C(=O)OC)cc21. The van der Waals surface area contributed by atoms with Crippen molar-refractivity contribution in [3.63, 3.8) is 0 Å². The lowest BCUT2D eigenvalue weighted by Crippen LogP contribution is -2.27. The minimum atomic E-state index is -0.405. The highest BCUT2D eigenvalue weighted by atomic mass is 16.5. The van der Waals surface area contributed by atoms with Crippen LogP contribution in [-0.2, 0) is 16.2 Å². The lowest BCUT2D eigenvalue weighted by molar-refractivity contribution is -0.593. The number of aromatic nitrogens is 2. The van der Waals surface area contributed by atoms with Gasteiger partial charge in [0.25, 0.3) is 0 Å². The maximum absolute atomic E-state index is 12.1. The van der Waals surface area contributed by atoms with E-state index in [9.17, 15) is 10.0 Å². The molecule has 0 amide bonds. The van der Waals surface area contributed by atoms with Crippen LogP contribution in [0.3, 0.4) is 0 Å². The van der Waals surface area contributed by atoms with Crippen molar-refractivity contribution in [3.05, 3.63) is 59.6 Å². The molecule has 0 saturated heterocycles. The zero-order valence-corrected chi connectivity index (χ0v) is 12.9. The predicted octanol–water partition coefficient (Wildman–Crippen LogP) is 2.33. The van der Waals surface area contributed by atoms with Crippen LogP contribution in [0.4, 0.5) is 0 Å². The number of hydrogen-bond donors (Lipinski definition) is 0. The fourth-order valence-electron chi connectivity index (χ4n) is 2.62. The number of pyridine rings is 1. The minimum absolute atomic E-state index is 0.312. The van der Waals surface area contributed by atoms with Crippen LogP contribution in [0.1, 0.15) is 10.4 Å². The molecule has 0 N–H and O–H groups in total. The molecule has 0 saturated carbocycles. The summed E-state index contributed by atoms with van der Waals surface area (Å²) in [6, 6.07) is 10.5. The van der Waals surface area contributed by atoms with Gasteiger partial charge >= 0.3 is 5.97 Å². The van der Waals surface area contributed by atoms with E-state index >= 15 is 0 Å². The van der Waals surface area contributed by atoms with E-state index in [4.69, 9.17) is 9.47 Å². The number of carbonyl (C=O) groups is 1. The van der Waals surface area contributed by atoms with Crippen molar-refractivity contribution < 1.29 is 19.0 Å². The number of hydrogen-bond acceptors (Lipinski definition) is 4. The Balaban J connectivity index is 2.24. The molecule has 0 spiro atoms. The van der Waals surface area contributed by atoms with Gasteiger partial charge in [-0.1, -0.05) is 6.07 Å². The fraction of sp³-hybridized carbons (Fsp3) is 0.176. The van der Waals surface area contributed by atoms with Gasteiger partial charge in [0.2, 0.25) is 5.69 Å². The van der Waals surface area contributed by atoms with Gasteiger partial charge < -0.3 is 19.2 Å². The first kappa shape index (κ1) is 15.1. The van der Waals surface area contributed by atoms with Crippen molar-refractivity contribution in [2.75, 3.05) is 14.2 Å². The second kappa shape index (κ2) is 6.10. The van der Waals surface area contributed by atoms with Crippen LogP contribution in [0.5, 0.6) is 0 Å². The molecule has 118 valence electrons. The lowest BCUT2D eigenvalue weighted by atomic mass is 10.1. The summed E-state index contributed by atoms with van der Waals surface area (Å²) in [5.41, 5.74) is 2.57.